The van der Waals surface area contributed by atoms with Gasteiger partial charge in [0.1, 0.15) is 12.3 Å². The van der Waals surface area contributed by atoms with Crippen LogP contribution < -0.4 is 10.1 Å². The molecule has 0 bridgehead atoms. The minimum atomic E-state index is -3.89. The SMILES string of the molecule is CC(C)S(=O)(=O)NN1CCC(=O)N2CCC[C@@H](C(=O)N[C@H](C=O)CC(=O)O)N2C1=O. The fraction of sp³-hybridized carbons (Fsp3) is 0.688. The van der Waals surface area contributed by atoms with Crippen molar-refractivity contribution < 1.29 is 37.5 Å². The lowest BCUT2D eigenvalue weighted by molar-refractivity contribution is -0.155. The lowest BCUT2D eigenvalue weighted by Gasteiger charge is -2.43. The number of carboxylic acids is 1. The van der Waals surface area contributed by atoms with Crippen molar-refractivity contribution in [1.29, 1.82) is 0 Å². The summed E-state index contributed by atoms with van der Waals surface area (Å²) in [5.41, 5.74) is 0. The van der Waals surface area contributed by atoms with E-state index < -0.39 is 57.6 Å². The van der Waals surface area contributed by atoms with E-state index in [9.17, 15) is 32.4 Å². The van der Waals surface area contributed by atoms with E-state index in [1.165, 1.54) is 13.8 Å². The van der Waals surface area contributed by atoms with E-state index >= 15 is 0 Å². The number of aldehydes is 1. The summed E-state index contributed by atoms with van der Waals surface area (Å²) in [6.07, 6.45) is -0.00208. The molecular weight excluding hydrogens is 422 g/mol. The second-order valence-corrected chi connectivity index (χ2v) is 9.45. The molecule has 2 fully saturated rings. The number of nitrogens with zero attached hydrogens (tertiary/aromatic N) is 3. The van der Waals surface area contributed by atoms with Gasteiger partial charge in [-0.25, -0.2) is 28.2 Å². The monoisotopic (exact) mass is 447 g/mol. The zero-order valence-corrected chi connectivity index (χ0v) is 17.4. The van der Waals surface area contributed by atoms with Crippen LogP contribution in [-0.2, 0) is 29.2 Å². The molecule has 14 heteroatoms. The summed E-state index contributed by atoms with van der Waals surface area (Å²) in [7, 11) is -3.89. The average molecular weight is 447 g/mol. The van der Waals surface area contributed by atoms with Crippen LogP contribution in [0.3, 0.4) is 0 Å². The number of carbonyl (C=O) groups is 5. The van der Waals surface area contributed by atoms with Crippen LogP contribution >= 0.6 is 0 Å². The first-order chi connectivity index (χ1) is 14.0. The van der Waals surface area contributed by atoms with E-state index in [0.717, 1.165) is 15.0 Å². The van der Waals surface area contributed by atoms with E-state index in [4.69, 9.17) is 5.11 Å². The number of aliphatic carboxylic acids is 1. The number of hydrogen-bond donors (Lipinski definition) is 3. The van der Waals surface area contributed by atoms with Gasteiger partial charge >= 0.3 is 12.0 Å². The normalized spacial score (nSPS) is 21.2. The Labute approximate surface area is 173 Å². The quantitative estimate of drug-likeness (QED) is 0.374. The molecule has 30 heavy (non-hydrogen) atoms. The van der Waals surface area contributed by atoms with Crippen molar-refractivity contribution in [3.63, 3.8) is 0 Å². The number of carboxylic acid groups (broad SMARTS) is 1. The topological polar surface area (TPSA) is 173 Å². The Hall–Kier alpha value is -2.74. The van der Waals surface area contributed by atoms with Crippen molar-refractivity contribution >= 4 is 40.1 Å². The van der Waals surface area contributed by atoms with Gasteiger partial charge in [0.2, 0.25) is 21.8 Å². The van der Waals surface area contributed by atoms with E-state index in [2.05, 4.69) is 10.1 Å². The molecule has 2 rings (SSSR count). The molecule has 2 heterocycles. The molecule has 13 nitrogen and oxygen atoms in total. The van der Waals surface area contributed by atoms with Gasteiger partial charge in [0, 0.05) is 19.5 Å². The number of hydrogen-bond acceptors (Lipinski definition) is 7. The number of amides is 4. The largest absolute Gasteiger partial charge is 0.481 e. The van der Waals surface area contributed by atoms with Crippen molar-refractivity contribution in [2.45, 2.75) is 56.9 Å². The first-order valence-corrected chi connectivity index (χ1v) is 10.9. The van der Waals surface area contributed by atoms with Gasteiger partial charge in [-0.15, -0.1) is 4.83 Å². The molecule has 0 aromatic carbocycles. The summed E-state index contributed by atoms with van der Waals surface area (Å²) in [5.74, 6) is -2.58. The summed E-state index contributed by atoms with van der Waals surface area (Å²) in [4.78, 5) is 62.3. The number of hydrazine groups is 2. The van der Waals surface area contributed by atoms with E-state index in [0.29, 0.717) is 6.42 Å². The Morgan fingerprint density at radius 2 is 1.93 bits per heavy atom. The minimum Gasteiger partial charge on any atom is -0.481 e. The summed E-state index contributed by atoms with van der Waals surface area (Å²) in [6.45, 7) is 2.77. The zero-order valence-electron chi connectivity index (χ0n) is 16.6. The van der Waals surface area contributed by atoms with Gasteiger partial charge in [0.25, 0.3) is 0 Å². The average Bonchev–Trinajstić information content (AvgIpc) is 2.78. The molecular formula is C16H25N5O8S. The predicted octanol–water partition coefficient (Wildman–Crippen LogP) is -1.58. The summed E-state index contributed by atoms with van der Waals surface area (Å²) >= 11 is 0. The highest BCUT2D eigenvalue weighted by Crippen LogP contribution is 2.24. The maximum Gasteiger partial charge on any atom is 0.354 e. The van der Waals surface area contributed by atoms with Crippen LogP contribution in [-0.4, -0.2) is 89.1 Å². The molecule has 0 aromatic rings. The smallest absolute Gasteiger partial charge is 0.354 e. The van der Waals surface area contributed by atoms with E-state index in [1.54, 1.807) is 0 Å². The molecule has 0 radical (unpaired) electrons. The molecule has 0 saturated carbocycles. The molecule has 2 aliphatic heterocycles. The number of carbonyl (C=O) groups excluding carboxylic acids is 4. The first kappa shape index (κ1) is 23.5. The van der Waals surface area contributed by atoms with Crippen molar-refractivity contribution in [2.24, 2.45) is 0 Å². The van der Waals surface area contributed by atoms with Crippen LogP contribution in [0, 0.1) is 0 Å². The summed E-state index contributed by atoms with van der Waals surface area (Å²) < 4.78 is 24.4. The third kappa shape index (κ3) is 5.24. The molecule has 0 spiro atoms. The number of rotatable bonds is 8. The van der Waals surface area contributed by atoms with Gasteiger partial charge in [-0.3, -0.25) is 14.4 Å². The van der Waals surface area contributed by atoms with Crippen molar-refractivity contribution in [3.05, 3.63) is 0 Å². The molecule has 0 aliphatic carbocycles. The predicted molar refractivity (Wildman–Crippen MR) is 101 cm³/mol. The third-order valence-corrected chi connectivity index (χ3v) is 6.43. The van der Waals surface area contributed by atoms with Crippen molar-refractivity contribution in [1.82, 2.24) is 25.2 Å². The first-order valence-electron chi connectivity index (χ1n) is 9.37. The van der Waals surface area contributed by atoms with Crippen LogP contribution in [0.15, 0.2) is 0 Å². The number of nitrogens with one attached hydrogen (secondary N) is 2. The van der Waals surface area contributed by atoms with Crippen molar-refractivity contribution in [2.75, 3.05) is 13.1 Å². The molecule has 2 atom stereocenters. The Kier molecular flexibility index (Phi) is 7.36. The van der Waals surface area contributed by atoms with Gasteiger partial charge in [-0.05, 0) is 26.7 Å². The molecule has 168 valence electrons. The minimum absolute atomic E-state index is 0.144. The van der Waals surface area contributed by atoms with Crippen LogP contribution in [0.1, 0.15) is 39.5 Å². The van der Waals surface area contributed by atoms with Crippen LogP contribution in [0.5, 0.6) is 0 Å². The van der Waals surface area contributed by atoms with E-state index in [-0.39, 0.29) is 32.2 Å². The highest BCUT2D eigenvalue weighted by molar-refractivity contribution is 7.90. The molecule has 0 aromatic heterocycles. The maximum absolute atomic E-state index is 13.1. The number of fused-ring (bicyclic) bond motifs is 1. The van der Waals surface area contributed by atoms with Gasteiger partial charge in [0.15, 0.2) is 0 Å². The molecule has 2 saturated heterocycles. The fourth-order valence-electron chi connectivity index (χ4n) is 3.06. The second-order valence-electron chi connectivity index (χ2n) is 7.24. The Balaban J connectivity index is 2.29. The van der Waals surface area contributed by atoms with Crippen LogP contribution in [0.25, 0.3) is 0 Å². The molecule has 4 amide bonds. The highest BCUT2D eigenvalue weighted by atomic mass is 32.2. The van der Waals surface area contributed by atoms with Gasteiger partial charge in [-0.1, -0.05) is 0 Å². The lowest BCUT2D eigenvalue weighted by Crippen LogP contribution is -2.65. The summed E-state index contributed by atoms with van der Waals surface area (Å²) in [5, 5.41) is 13.0. The maximum atomic E-state index is 13.1. The van der Waals surface area contributed by atoms with Crippen LogP contribution in [0.4, 0.5) is 4.79 Å². The van der Waals surface area contributed by atoms with Crippen LogP contribution in [0.2, 0.25) is 0 Å². The Morgan fingerprint density at radius 3 is 2.50 bits per heavy atom. The summed E-state index contributed by atoms with van der Waals surface area (Å²) in [6, 6.07) is -3.43. The second kappa shape index (κ2) is 9.38. The van der Waals surface area contributed by atoms with E-state index in [1.807, 2.05) is 0 Å². The fourth-order valence-corrected chi connectivity index (χ4v) is 3.74. The lowest BCUT2D eigenvalue weighted by atomic mass is 10.1. The highest BCUT2D eigenvalue weighted by Gasteiger charge is 2.44. The Bertz CT molecular complexity index is 829. The van der Waals surface area contributed by atoms with Gasteiger partial charge in [-0.2, -0.15) is 0 Å². The zero-order chi connectivity index (χ0) is 22.6. The molecule has 0 unspecified atom stereocenters. The van der Waals surface area contributed by atoms with Crippen molar-refractivity contribution in [3.8, 4) is 0 Å². The van der Waals surface area contributed by atoms with Gasteiger partial charge in [0.05, 0.1) is 17.7 Å². The molecule has 3 N–H and O–H groups in total. The number of sulfonamides is 1. The standard InChI is InChI=1S/C16H25N5O8S/c1-10(2)30(28,29)18-19-7-5-13(23)20-6-3-4-12(21(20)16(19)27)15(26)17-11(9-22)8-14(24)25/h9-12,18H,3-8H2,1-2H3,(H,17,26)(H,24,25)/t11-,12-/m0/s1. The number of urea groups is 1. The Morgan fingerprint density at radius 1 is 1.27 bits per heavy atom. The third-order valence-electron chi connectivity index (χ3n) is 4.71. The van der Waals surface area contributed by atoms with Gasteiger partial charge < -0.3 is 15.2 Å². The molecule has 2 aliphatic rings.